The van der Waals surface area contributed by atoms with Crippen LogP contribution in [-0.2, 0) is 12.1 Å². The molecule has 1 N–H and O–H groups in total. The van der Waals surface area contributed by atoms with E-state index in [1.54, 1.807) is 24.3 Å². The molecular weight excluding hydrogens is 352 g/mol. The molecule has 1 heterocycles. The maximum atomic E-state index is 14.2. The van der Waals surface area contributed by atoms with Crippen molar-refractivity contribution >= 4 is 11.6 Å². The maximum absolute atomic E-state index is 14.2. The smallest absolute Gasteiger partial charge is 0.146 e. The fraction of sp³-hybridized carbons (Fsp3) is 0.176. The second-order valence-electron chi connectivity index (χ2n) is 5.49. The first-order valence-electron chi connectivity index (χ1n) is 7.35. The molecule has 1 unspecified atom stereocenters. The molecule has 3 rings (SSSR count). The van der Waals surface area contributed by atoms with Crippen LogP contribution in [0.4, 0.5) is 8.78 Å². The summed E-state index contributed by atoms with van der Waals surface area (Å²) in [6.07, 6.45) is 2.67. The van der Waals surface area contributed by atoms with Gasteiger partial charge in [0.1, 0.15) is 42.2 Å². The summed E-state index contributed by atoms with van der Waals surface area (Å²) in [6, 6.07) is 9.55. The lowest BCUT2D eigenvalue weighted by Gasteiger charge is -2.29. The number of hydrogen-bond donors (Lipinski definition) is 1. The molecule has 0 fully saturated rings. The predicted octanol–water partition coefficient (Wildman–Crippen LogP) is 3.18. The number of aromatic nitrogens is 3. The lowest BCUT2D eigenvalue weighted by molar-refractivity contribution is -0.0297. The van der Waals surface area contributed by atoms with Crippen molar-refractivity contribution in [2.45, 2.75) is 12.1 Å². The lowest BCUT2D eigenvalue weighted by Crippen LogP contribution is -2.39. The SMILES string of the molecule is OC(COc1cccc(Cl)c1)(Cn1cncn1)c1ccc(F)cc1F. The van der Waals surface area contributed by atoms with Gasteiger partial charge in [-0.15, -0.1) is 0 Å². The number of hydrogen-bond acceptors (Lipinski definition) is 4. The van der Waals surface area contributed by atoms with Gasteiger partial charge in [0.05, 0.1) is 6.54 Å². The molecule has 0 bridgehead atoms. The molecule has 0 spiro atoms. The number of benzene rings is 2. The van der Waals surface area contributed by atoms with Gasteiger partial charge in [0, 0.05) is 16.7 Å². The third-order valence-electron chi connectivity index (χ3n) is 3.60. The molecule has 1 atom stereocenters. The van der Waals surface area contributed by atoms with Gasteiger partial charge < -0.3 is 9.84 Å². The number of ether oxygens (including phenoxy) is 1. The minimum absolute atomic E-state index is 0.105. The molecule has 0 aliphatic heterocycles. The first kappa shape index (κ1) is 17.3. The zero-order valence-corrected chi connectivity index (χ0v) is 13.7. The lowest BCUT2D eigenvalue weighted by atomic mass is 9.94. The van der Waals surface area contributed by atoms with E-state index in [9.17, 15) is 13.9 Å². The largest absolute Gasteiger partial charge is 0.490 e. The van der Waals surface area contributed by atoms with E-state index < -0.39 is 17.2 Å². The Morgan fingerprint density at radius 2 is 2.04 bits per heavy atom. The van der Waals surface area contributed by atoms with Crippen LogP contribution in [-0.4, -0.2) is 26.5 Å². The highest BCUT2D eigenvalue weighted by Crippen LogP contribution is 2.28. The monoisotopic (exact) mass is 365 g/mol. The van der Waals surface area contributed by atoms with Gasteiger partial charge >= 0.3 is 0 Å². The van der Waals surface area contributed by atoms with Crippen molar-refractivity contribution in [2.75, 3.05) is 6.61 Å². The summed E-state index contributed by atoms with van der Waals surface area (Å²) in [5.41, 5.74) is -1.90. The summed E-state index contributed by atoms with van der Waals surface area (Å²) in [5.74, 6) is -1.20. The molecular formula is C17H14ClF2N3O2. The molecule has 0 radical (unpaired) electrons. The molecule has 1 aromatic heterocycles. The van der Waals surface area contributed by atoms with Gasteiger partial charge in [-0.25, -0.2) is 18.4 Å². The van der Waals surface area contributed by atoms with Gasteiger partial charge in [-0.2, -0.15) is 5.10 Å². The van der Waals surface area contributed by atoms with E-state index >= 15 is 0 Å². The number of rotatable bonds is 6. The topological polar surface area (TPSA) is 60.2 Å². The van der Waals surface area contributed by atoms with Gasteiger partial charge in [0.25, 0.3) is 0 Å². The van der Waals surface area contributed by atoms with Gasteiger partial charge in [0.2, 0.25) is 0 Å². The van der Waals surface area contributed by atoms with Crippen LogP contribution in [0.15, 0.2) is 55.1 Å². The molecule has 0 saturated carbocycles. The van der Waals surface area contributed by atoms with E-state index in [4.69, 9.17) is 16.3 Å². The molecule has 0 aliphatic carbocycles. The van der Waals surface area contributed by atoms with Crippen LogP contribution >= 0.6 is 11.6 Å². The van der Waals surface area contributed by atoms with Crippen molar-refractivity contribution < 1.29 is 18.6 Å². The van der Waals surface area contributed by atoms with Gasteiger partial charge in [-0.1, -0.05) is 23.7 Å². The summed E-state index contributed by atoms with van der Waals surface area (Å²) in [6.45, 7) is -0.425. The van der Waals surface area contributed by atoms with Crippen molar-refractivity contribution in [1.29, 1.82) is 0 Å². The van der Waals surface area contributed by atoms with E-state index in [2.05, 4.69) is 10.1 Å². The first-order valence-corrected chi connectivity index (χ1v) is 7.73. The Hall–Kier alpha value is -2.51. The fourth-order valence-corrected chi connectivity index (χ4v) is 2.60. The zero-order chi connectivity index (χ0) is 17.9. The molecule has 0 saturated heterocycles. The van der Waals surface area contributed by atoms with E-state index in [1.165, 1.54) is 23.4 Å². The van der Waals surface area contributed by atoms with Crippen molar-refractivity contribution in [3.63, 3.8) is 0 Å². The highest BCUT2D eigenvalue weighted by atomic mass is 35.5. The third kappa shape index (κ3) is 4.12. The standard InChI is InChI=1S/C17H14ClF2N3O2/c18-12-2-1-3-14(6-12)25-9-17(24,8-23-11-21-10-22-23)15-5-4-13(19)7-16(15)20/h1-7,10-11,24H,8-9H2. The van der Waals surface area contributed by atoms with E-state index in [-0.39, 0.29) is 18.7 Å². The van der Waals surface area contributed by atoms with E-state index in [0.717, 1.165) is 6.07 Å². The van der Waals surface area contributed by atoms with Crippen LogP contribution in [0.3, 0.4) is 0 Å². The molecule has 25 heavy (non-hydrogen) atoms. The molecule has 2 aromatic carbocycles. The van der Waals surface area contributed by atoms with Gasteiger partial charge in [-0.05, 0) is 24.3 Å². The van der Waals surface area contributed by atoms with Gasteiger partial charge in [0.15, 0.2) is 0 Å². The Kier molecular flexibility index (Phi) is 4.96. The summed E-state index contributed by atoms with van der Waals surface area (Å²) >= 11 is 5.90. The Morgan fingerprint density at radius 1 is 1.20 bits per heavy atom. The van der Waals surface area contributed by atoms with E-state index in [0.29, 0.717) is 16.8 Å². The first-order chi connectivity index (χ1) is 12.0. The van der Waals surface area contributed by atoms with Crippen LogP contribution in [0, 0.1) is 11.6 Å². The van der Waals surface area contributed by atoms with E-state index in [1.807, 2.05) is 0 Å². The van der Waals surface area contributed by atoms with Crippen LogP contribution in [0.2, 0.25) is 5.02 Å². The summed E-state index contributed by atoms with van der Waals surface area (Å²) in [7, 11) is 0. The van der Waals surface area contributed by atoms with Crippen molar-refractivity contribution in [2.24, 2.45) is 0 Å². The van der Waals surface area contributed by atoms with Crippen LogP contribution < -0.4 is 4.74 Å². The number of aliphatic hydroxyl groups is 1. The molecule has 3 aromatic rings. The average molecular weight is 366 g/mol. The second kappa shape index (κ2) is 7.16. The Balaban J connectivity index is 1.90. The molecule has 5 nitrogen and oxygen atoms in total. The fourth-order valence-electron chi connectivity index (χ4n) is 2.42. The quantitative estimate of drug-likeness (QED) is 0.729. The van der Waals surface area contributed by atoms with Crippen molar-refractivity contribution in [1.82, 2.24) is 14.8 Å². The Labute approximate surface area is 147 Å². The minimum atomic E-state index is -1.80. The minimum Gasteiger partial charge on any atom is -0.490 e. The zero-order valence-electron chi connectivity index (χ0n) is 12.9. The van der Waals surface area contributed by atoms with Gasteiger partial charge in [-0.3, -0.25) is 0 Å². The molecule has 0 amide bonds. The summed E-state index contributed by atoms with van der Waals surface area (Å²) < 4.78 is 34.4. The van der Waals surface area contributed by atoms with Crippen molar-refractivity contribution in [3.8, 4) is 5.75 Å². The number of nitrogens with zero attached hydrogens (tertiary/aromatic N) is 3. The van der Waals surface area contributed by atoms with Crippen molar-refractivity contribution in [3.05, 3.63) is 77.3 Å². The molecule has 0 aliphatic rings. The molecule has 130 valence electrons. The van der Waals surface area contributed by atoms with Crippen LogP contribution in [0.25, 0.3) is 0 Å². The summed E-state index contributed by atoms with van der Waals surface area (Å²) in [4.78, 5) is 3.80. The number of halogens is 3. The normalized spacial score (nSPS) is 13.4. The Bertz CT molecular complexity index is 861. The molecule has 8 heteroatoms. The predicted molar refractivity (Wildman–Crippen MR) is 87.2 cm³/mol. The third-order valence-corrected chi connectivity index (χ3v) is 3.83. The second-order valence-corrected chi connectivity index (χ2v) is 5.93. The summed E-state index contributed by atoms with van der Waals surface area (Å²) in [5, 5.41) is 15.4. The Morgan fingerprint density at radius 3 is 2.72 bits per heavy atom. The average Bonchev–Trinajstić information content (AvgIpc) is 3.05. The van der Waals surface area contributed by atoms with Crippen LogP contribution in [0.1, 0.15) is 5.56 Å². The maximum Gasteiger partial charge on any atom is 0.146 e. The highest BCUT2D eigenvalue weighted by molar-refractivity contribution is 6.30. The van der Waals surface area contributed by atoms with Crippen LogP contribution in [0.5, 0.6) is 5.75 Å². The highest BCUT2D eigenvalue weighted by Gasteiger charge is 2.34.